The molecule has 0 unspecified atom stereocenters. The Morgan fingerprint density at radius 3 is 2.62 bits per heavy atom. The molecular weight excluding hydrogens is 176 g/mol. The fourth-order valence-corrected chi connectivity index (χ4v) is 0.741. The second-order valence-electron chi connectivity index (χ2n) is 2.29. The third-order valence-corrected chi connectivity index (χ3v) is 1.47. The number of hydrogen-bond acceptors (Lipinski definition) is 4. The van der Waals surface area contributed by atoms with Gasteiger partial charge in [-0.25, -0.2) is 14.0 Å². The van der Waals surface area contributed by atoms with Gasteiger partial charge in [-0.15, -0.1) is 0 Å². The van der Waals surface area contributed by atoms with Gasteiger partial charge in [0.05, 0.1) is 0 Å². The van der Waals surface area contributed by atoms with E-state index >= 15 is 0 Å². The van der Waals surface area contributed by atoms with E-state index in [-0.39, 0.29) is 0 Å². The Hall–Kier alpha value is -1.92. The molecule has 0 bridgehead atoms. The maximum Gasteiger partial charge on any atom is 0.332 e. The summed E-state index contributed by atoms with van der Waals surface area (Å²) in [7, 11) is 2.68. The molecule has 0 aromatic carbocycles. The van der Waals surface area contributed by atoms with Crippen LogP contribution in [-0.4, -0.2) is 27.4 Å². The molecule has 1 heterocycles. The van der Waals surface area contributed by atoms with Crippen LogP contribution in [0.4, 0.5) is 4.79 Å². The van der Waals surface area contributed by atoms with Crippen LogP contribution in [0.15, 0.2) is 15.9 Å². The maximum absolute atomic E-state index is 11.1. The predicted octanol–water partition coefficient (Wildman–Crippen LogP) is -1.87. The first kappa shape index (κ1) is 9.17. The highest BCUT2D eigenvalue weighted by molar-refractivity contribution is 5.75. The van der Waals surface area contributed by atoms with Gasteiger partial charge in [0.1, 0.15) is 6.33 Å². The lowest BCUT2D eigenvalue weighted by Gasteiger charge is -2.01. The van der Waals surface area contributed by atoms with E-state index in [4.69, 9.17) is 0 Å². The van der Waals surface area contributed by atoms with Gasteiger partial charge in [0.15, 0.2) is 0 Å². The molecule has 7 heteroatoms. The topological polar surface area (TPSA) is 86.0 Å². The quantitative estimate of drug-likeness (QED) is 0.478. The second-order valence-corrected chi connectivity index (χ2v) is 2.29. The Bertz CT molecular complexity index is 444. The van der Waals surface area contributed by atoms with Crippen LogP contribution in [-0.2, 0) is 7.05 Å². The molecule has 0 saturated heterocycles. The lowest BCUT2D eigenvalue weighted by Crippen LogP contribution is -2.45. The van der Waals surface area contributed by atoms with Crippen molar-refractivity contribution in [3.63, 3.8) is 0 Å². The average Bonchev–Trinajstić information content (AvgIpc) is 2.13. The molecule has 1 aromatic rings. The maximum atomic E-state index is 11.1. The first-order valence-electron chi connectivity index (χ1n) is 3.45. The van der Waals surface area contributed by atoms with Crippen LogP contribution < -0.4 is 16.4 Å². The van der Waals surface area contributed by atoms with Gasteiger partial charge in [-0.2, -0.15) is 5.10 Å². The molecular formula is C6H8N4O3. The minimum atomic E-state index is -0.920. The summed E-state index contributed by atoms with van der Waals surface area (Å²) in [6.45, 7) is 0. The van der Waals surface area contributed by atoms with Gasteiger partial charge in [-0.05, 0) is 0 Å². The number of nitrogens with one attached hydrogen (secondary N) is 1. The summed E-state index contributed by atoms with van der Waals surface area (Å²) in [5.41, 5.74) is -1.76. The Morgan fingerprint density at radius 1 is 1.46 bits per heavy atom. The number of carbonyl (C=O) groups is 1. The molecule has 1 aromatic heterocycles. The smallest absolute Gasteiger partial charge is 0.332 e. The molecule has 0 fully saturated rings. The summed E-state index contributed by atoms with van der Waals surface area (Å²) in [4.78, 5) is 33.1. The molecule has 0 aliphatic rings. The van der Waals surface area contributed by atoms with Crippen LogP contribution in [0.2, 0.25) is 0 Å². The van der Waals surface area contributed by atoms with Crippen molar-refractivity contribution in [2.45, 2.75) is 0 Å². The summed E-state index contributed by atoms with van der Waals surface area (Å²) < 4.78 is 1.48. The normalized spacial score (nSPS) is 9.69. The molecule has 1 N–H and O–H groups in total. The first-order valence-corrected chi connectivity index (χ1v) is 3.45. The van der Waals surface area contributed by atoms with Crippen LogP contribution in [0, 0.1) is 0 Å². The average molecular weight is 184 g/mol. The fourth-order valence-electron chi connectivity index (χ4n) is 0.741. The molecule has 0 radical (unpaired) electrons. The molecule has 0 atom stereocenters. The lowest BCUT2D eigenvalue weighted by molar-refractivity contribution is 0.242. The minimum Gasteiger partial charge on any atom is -0.340 e. The number of rotatable bonds is 0. The second kappa shape index (κ2) is 3.21. The summed E-state index contributed by atoms with van der Waals surface area (Å²) in [5, 5.41) is 5.72. The van der Waals surface area contributed by atoms with Gasteiger partial charge in [-0.1, -0.05) is 0 Å². The molecule has 13 heavy (non-hydrogen) atoms. The van der Waals surface area contributed by atoms with Crippen molar-refractivity contribution < 1.29 is 4.79 Å². The fraction of sp³-hybridized carbons (Fsp3) is 0.333. The van der Waals surface area contributed by atoms with Gasteiger partial charge in [-0.3, -0.25) is 9.59 Å². The summed E-state index contributed by atoms with van der Waals surface area (Å²) in [6, 6.07) is -0.685. The summed E-state index contributed by atoms with van der Waals surface area (Å²) >= 11 is 0. The van der Waals surface area contributed by atoms with E-state index in [0.29, 0.717) is 4.57 Å². The molecule has 7 nitrogen and oxygen atoms in total. The third-order valence-electron chi connectivity index (χ3n) is 1.47. The van der Waals surface area contributed by atoms with Crippen LogP contribution >= 0.6 is 0 Å². The Labute approximate surface area is 72.6 Å². The highest BCUT2D eigenvalue weighted by Crippen LogP contribution is 1.71. The van der Waals surface area contributed by atoms with Crippen molar-refractivity contribution in [2.75, 3.05) is 7.05 Å². The monoisotopic (exact) mass is 184 g/mol. The Morgan fingerprint density at radius 2 is 2.08 bits per heavy atom. The van der Waals surface area contributed by atoms with E-state index in [1.165, 1.54) is 14.1 Å². The zero-order chi connectivity index (χ0) is 10.0. The van der Waals surface area contributed by atoms with Crippen molar-refractivity contribution in [3.8, 4) is 0 Å². The highest BCUT2D eigenvalue weighted by atomic mass is 16.2. The van der Waals surface area contributed by atoms with Gasteiger partial charge >= 0.3 is 17.1 Å². The van der Waals surface area contributed by atoms with Crippen LogP contribution in [0.25, 0.3) is 0 Å². The van der Waals surface area contributed by atoms with Crippen molar-refractivity contribution in [1.82, 2.24) is 19.7 Å². The van der Waals surface area contributed by atoms with E-state index in [2.05, 4.69) is 10.4 Å². The van der Waals surface area contributed by atoms with Gasteiger partial charge in [0, 0.05) is 14.1 Å². The largest absolute Gasteiger partial charge is 0.340 e. The number of hydrogen-bond donors (Lipinski definition) is 1. The number of amides is 1. The van der Waals surface area contributed by atoms with E-state index in [1.807, 2.05) is 0 Å². The summed E-state index contributed by atoms with van der Waals surface area (Å²) in [5.74, 6) is 0. The van der Waals surface area contributed by atoms with Crippen molar-refractivity contribution in [2.24, 2.45) is 7.05 Å². The summed E-state index contributed by atoms with van der Waals surface area (Å²) in [6.07, 6.45) is 0.989. The van der Waals surface area contributed by atoms with E-state index in [1.54, 1.807) is 0 Å². The third kappa shape index (κ3) is 1.48. The molecule has 0 spiro atoms. The predicted molar refractivity (Wildman–Crippen MR) is 43.6 cm³/mol. The Kier molecular flexibility index (Phi) is 2.27. The molecule has 1 rings (SSSR count). The van der Waals surface area contributed by atoms with Crippen LogP contribution in [0.3, 0.4) is 0 Å². The lowest BCUT2D eigenvalue weighted by atomic mass is 10.7. The molecule has 70 valence electrons. The SMILES string of the molecule is CNC(=O)n1cnn(C)c(=O)c1=O. The Balaban J connectivity index is 3.44. The zero-order valence-corrected chi connectivity index (χ0v) is 7.14. The van der Waals surface area contributed by atoms with Crippen molar-refractivity contribution in [3.05, 3.63) is 27.0 Å². The molecule has 0 aliphatic heterocycles. The highest BCUT2D eigenvalue weighted by Gasteiger charge is 2.08. The first-order chi connectivity index (χ1) is 6.07. The van der Waals surface area contributed by atoms with Gasteiger partial charge in [0.2, 0.25) is 0 Å². The van der Waals surface area contributed by atoms with Crippen LogP contribution in [0.1, 0.15) is 0 Å². The number of aromatic nitrogens is 3. The zero-order valence-electron chi connectivity index (χ0n) is 7.14. The number of aryl methyl sites for hydroxylation is 1. The van der Waals surface area contributed by atoms with E-state index in [9.17, 15) is 14.4 Å². The van der Waals surface area contributed by atoms with Crippen molar-refractivity contribution in [1.29, 1.82) is 0 Å². The molecule has 0 saturated carbocycles. The number of carbonyl (C=O) groups excluding carboxylic acids is 1. The van der Waals surface area contributed by atoms with Crippen molar-refractivity contribution >= 4 is 6.03 Å². The molecule has 1 amide bonds. The number of nitrogens with zero attached hydrogens (tertiary/aromatic N) is 3. The standard InChI is InChI=1S/C6H8N4O3/c1-7-6(13)10-3-8-9(2)4(11)5(10)12/h3H,1-2H3,(H,7,13). The van der Waals surface area contributed by atoms with Gasteiger partial charge < -0.3 is 5.32 Å². The van der Waals surface area contributed by atoms with Gasteiger partial charge in [0.25, 0.3) is 0 Å². The molecule has 0 aliphatic carbocycles. The van der Waals surface area contributed by atoms with E-state index < -0.39 is 17.1 Å². The van der Waals surface area contributed by atoms with E-state index in [0.717, 1.165) is 11.0 Å². The van der Waals surface area contributed by atoms with Crippen LogP contribution in [0.5, 0.6) is 0 Å². The minimum absolute atomic E-state index is 0.613.